The lowest BCUT2D eigenvalue weighted by molar-refractivity contribution is -0.139. The molecule has 1 fully saturated rings. The van der Waals surface area contributed by atoms with Gasteiger partial charge in [-0.1, -0.05) is 37.5 Å². The van der Waals surface area contributed by atoms with Gasteiger partial charge in [0.2, 0.25) is 0 Å². The normalized spacial score (nSPS) is 15.6. The Kier molecular flexibility index (Phi) is 4.79. The Hall–Kier alpha value is -2.10. The third-order valence-corrected chi connectivity index (χ3v) is 4.80. The van der Waals surface area contributed by atoms with Crippen molar-refractivity contribution in [2.24, 2.45) is 0 Å². The average molecular weight is 312 g/mol. The number of carbonyl (C=O) groups excluding carboxylic acids is 1. The van der Waals surface area contributed by atoms with Gasteiger partial charge in [-0.15, -0.1) is 0 Å². The summed E-state index contributed by atoms with van der Waals surface area (Å²) in [5.41, 5.74) is 2.88. The van der Waals surface area contributed by atoms with Gasteiger partial charge in [0.1, 0.15) is 0 Å². The number of methoxy groups -OCH3 is 1. The van der Waals surface area contributed by atoms with Crippen LogP contribution in [-0.2, 0) is 16.0 Å². The summed E-state index contributed by atoms with van der Waals surface area (Å²) in [6.45, 7) is 0. The van der Waals surface area contributed by atoms with Gasteiger partial charge >= 0.3 is 5.97 Å². The number of nitrogens with zero attached hydrogens (tertiary/aromatic N) is 2. The number of anilines is 1. The van der Waals surface area contributed by atoms with E-state index in [2.05, 4.69) is 23.0 Å². The third kappa shape index (κ3) is 3.46. The lowest BCUT2D eigenvalue weighted by atomic mass is 9.94. The Morgan fingerprint density at radius 1 is 1.26 bits per heavy atom. The van der Waals surface area contributed by atoms with Crippen LogP contribution in [0.1, 0.15) is 37.8 Å². The van der Waals surface area contributed by atoms with Gasteiger partial charge in [0.25, 0.3) is 0 Å². The number of rotatable bonds is 4. The van der Waals surface area contributed by atoms with Crippen molar-refractivity contribution in [3.05, 3.63) is 36.0 Å². The first-order chi connectivity index (χ1) is 11.2. The summed E-state index contributed by atoms with van der Waals surface area (Å²) >= 11 is 0. The number of hydrogen-bond acceptors (Lipinski definition) is 4. The van der Waals surface area contributed by atoms with E-state index < -0.39 is 0 Å². The highest BCUT2D eigenvalue weighted by Gasteiger charge is 2.21. The molecule has 0 N–H and O–H groups in total. The zero-order chi connectivity index (χ0) is 16.2. The van der Waals surface area contributed by atoms with Crippen LogP contribution in [0.25, 0.3) is 10.9 Å². The minimum Gasteiger partial charge on any atom is -0.469 e. The molecule has 0 amide bonds. The van der Waals surface area contributed by atoms with E-state index in [0.29, 0.717) is 6.04 Å². The maximum absolute atomic E-state index is 11.6. The van der Waals surface area contributed by atoms with Gasteiger partial charge < -0.3 is 9.64 Å². The van der Waals surface area contributed by atoms with Crippen molar-refractivity contribution in [1.29, 1.82) is 0 Å². The van der Waals surface area contributed by atoms with Crippen molar-refractivity contribution in [2.75, 3.05) is 19.1 Å². The first-order valence-electron chi connectivity index (χ1n) is 8.37. The van der Waals surface area contributed by atoms with E-state index in [0.717, 1.165) is 16.6 Å². The molecule has 1 aromatic heterocycles. The summed E-state index contributed by atoms with van der Waals surface area (Å²) < 4.78 is 4.79. The molecular formula is C19H24N2O2. The SMILES string of the molecule is COC(=O)Cc1cc(N(C)C2CCCCC2)c2ccccc2n1. The van der Waals surface area contributed by atoms with Crippen molar-refractivity contribution in [1.82, 2.24) is 4.98 Å². The van der Waals surface area contributed by atoms with Crippen LogP contribution in [0.15, 0.2) is 30.3 Å². The van der Waals surface area contributed by atoms with Crippen LogP contribution in [0.2, 0.25) is 0 Å². The Bertz CT molecular complexity index is 693. The molecule has 0 radical (unpaired) electrons. The number of carbonyl (C=O) groups is 1. The van der Waals surface area contributed by atoms with Crippen molar-refractivity contribution in [2.45, 2.75) is 44.6 Å². The Morgan fingerprint density at radius 2 is 2.00 bits per heavy atom. The summed E-state index contributed by atoms with van der Waals surface area (Å²) in [5.74, 6) is -0.251. The largest absolute Gasteiger partial charge is 0.469 e. The van der Waals surface area contributed by atoms with Crippen LogP contribution >= 0.6 is 0 Å². The third-order valence-electron chi connectivity index (χ3n) is 4.80. The second-order valence-electron chi connectivity index (χ2n) is 6.31. The van der Waals surface area contributed by atoms with Gasteiger partial charge in [0, 0.05) is 24.2 Å². The fourth-order valence-corrected chi connectivity index (χ4v) is 3.48. The molecule has 4 heteroatoms. The number of pyridine rings is 1. The molecular weight excluding hydrogens is 288 g/mol. The van der Waals surface area contributed by atoms with Crippen molar-refractivity contribution < 1.29 is 9.53 Å². The van der Waals surface area contributed by atoms with Gasteiger partial charge in [0.15, 0.2) is 0 Å². The second kappa shape index (κ2) is 6.99. The molecule has 0 saturated heterocycles. The minimum absolute atomic E-state index is 0.215. The fourth-order valence-electron chi connectivity index (χ4n) is 3.48. The van der Waals surface area contributed by atoms with Crippen LogP contribution in [0.3, 0.4) is 0 Å². The van der Waals surface area contributed by atoms with E-state index in [1.165, 1.54) is 44.9 Å². The smallest absolute Gasteiger partial charge is 0.311 e. The lowest BCUT2D eigenvalue weighted by Crippen LogP contribution is -2.33. The average Bonchev–Trinajstić information content (AvgIpc) is 2.61. The first kappa shape index (κ1) is 15.8. The monoisotopic (exact) mass is 312 g/mol. The maximum atomic E-state index is 11.6. The van der Waals surface area contributed by atoms with Crippen LogP contribution < -0.4 is 4.90 Å². The topological polar surface area (TPSA) is 42.4 Å². The standard InChI is InChI=1S/C19H24N2O2/c1-21(15-8-4-3-5-9-15)18-12-14(13-19(22)23-2)20-17-11-7-6-10-16(17)18/h6-7,10-12,15H,3-5,8-9,13H2,1-2H3. The van der Waals surface area contributed by atoms with Crippen LogP contribution in [-0.4, -0.2) is 31.2 Å². The van der Waals surface area contributed by atoms with Gasteiger partial charge in [0.05, 0.1) is 24.7 Å². The number of para-hydroxylation sites is 1. The van der Waals surface area contributed by atoms with Crippen molar-refractivity contribution in [3.8, 4) is 0 Å². The molecule has 0 atom stereocenters. The predicted molar refractivity (Wildman–Crippen MR) is 92.7 cm³/mol. The predicted octanol–water partition coefficient (Wildman–Crippen LogP) is 3.72. The number of hydrogen-bond donors (Lipinski definition) is 0. The van der Waals surface area contributed by atoms with Crippen LogP contribution in [0, 0.1) is 0 Å². The molecule has 1 saturated carbocycles. The molecule has 0 aliphatic heterocycles. The number of esters is 1. The van der Waals surface area contributed by atoms with Gasteiger partial charge in [-0.2, -0.15) is 0 Å². The minimum atomic E-state index is -0.251. The summed E-state index contributed by atoms with van der Waals surface area (Å²) in [7, 11) is 3.58. The first-order valence-corrected chi connectivity index (χ1v) is 8.37. The summed E-state index contributed by atoms with van der Waals surface area (Å²) in [6.07, 6.45) is 6.63. The molecule has 0 bridgehead atoms. The second-order valence-corrected chi connectivity index (χ2v) is 6.31. The van der Waals surface area contributed by atoms with Crippen molar-refractivity contribution in [3.63, 3.8) is 0 Å². The highest BCUT2D eigenvalue weighted by Crippen LogP contribution is 2.31. The molecule has 0 unspecified atom stereocenters. The maximum Gasteiger partial charge on any atom is 0.311 e. The van der Waals surface area contributed by atoms with Gasteiger partial charge in [-0.05, 0) is 25.0 Å². The molecule has 122 valence electrons. The summed E-state index contributed by atoms with van der Waals surface area (Å²) in [6, 6.07) is 10.8. The van der Waals surface area contributed by atoms with E-state index in [4.69, 9.17) is 4.74 Å². The number of fused-ring (bicyclic) bond motifs is 1. The van der Waals surface area contributed by atoms with E-state index in [9.17, 15) is 4.79 Å². The molecule has 1 aliphatic carbocycles. The molecule has 1 aromatic carbocycles. The number of ether oxygens (including phenoxy) is 1. The highest BCUT2D eigenvalue weighted by molar-refractivity contribution is 5.92. The lowest BCUT2D eigenvalue weighted by Gasteiger charge is -2.33. The molecule has 23 heavy (non-hydrogen) atoms. The Labute approximate surface area is 137 Å². The highest BCUT2D eigenvalue weighted by atomic mass is 16.5. The fraction of sp³-hybridized carbons (Fsp3) is 0.474. The Morgan fingerprint density at radius 3 is 2.74 bits per heavy atom. The van der Waals surface area contributed by atoms with E-state index in [1.807, 2.05) is 24.3 Å². The summed E-state index contributed by atoms with van der Waals surface area (Å²) in [5, 5.41) is 1.15. The molecule has 4 nitrogen and oxygen atoms in total. The van der Waals surface area contributed by atoms with Gasteiger partial charge in [-0.25, -0.2) is 0 Å². The molecule has 2 aromatic rings. The van der Waals surface area contributed by atoms with E-state index in [-0.39, 0.29) is 12.4 Å². The molecule has 1 aliphatic rings. The van der Waals surface area contributed by atoms with Crippen molar-refractivity contribution >= 4 is 22.6 Å². The quantitative estimate of drug-likeness (QED) is 0.807. The van der Waals surface area contributed by atoms with E-state index >= 15 is 0 Å². The zero-order valence-electron chi connectivity index (χ0n) is 13.9. The van der Waals surface area contributed by atoms with E-state index in [1.54, 1.807) is 0 Å². The molecule has 0 spiro atoms. The zero-order valence-corrected chi connectivity index (χ0v) is 13.9. The van der Waals surface area contributed by atoms with Crippen LogP contribution in [0.4, 0.5) is 5.69 Å². The molecule has 3 rings (SSSR count). The summed E-state index contributed by atoms with van der Waals surface area (Å²) in [4.78, 5) is 18.6. The van der Waals surface area contributed by atoms with Gasteiger partial charge in [-0.3, -0.25) is 9.78 Å². The number of aromatic nitrogens is 1. The number of benzene rings is 1. The molecule has 1 heterocycles. The van der Waals surface area contributed by atoms with Crippen LogP contribution in [0.5, 0.6) is 0 Å². The Balaban J connectivity index is 2.00.